The lowest BCUT2D eigenvalue weighted by Crippen LogP contribution is -2.29. The number of ketones is 1. The van der Waals surface area contributed by atoms with Crippen LogP contribution >= 0.6 is 11.3 Å². The number of amides is 1. The zero-order valence-electron chi connectivity index (χ0n) is 14.9. The van der Waals surface area contributed by atoms with E-state index < -0.39 is 17.7 Å². The van der Waals surface area contributed by atoms with Crippen LogP contribution in [0.1, 0.15) is 16.5 Å². The first-order valence-corrected chi connectivity index (χ1v) is 9.67. The van der Waals surface area contributed by atoms with Gasteiger partial charge in [0.15, 0.2) is 11.5 Å². The number of hydrogen-bond acceptors (Lipinski definition) is 7. The Balaban J connectivity index is 1.69. The Morgan fingerprint density at radius 1 is 1.10 bits per heavy atom. The summed E-state index contributed by atoms with van der Waals surface area (Å²) in [5.74, 6) is -0.598. The van der Waals surface area contributed by atoms with Crippen molar-refractivity contribution in [3.8, 4) is 11.5 Å². The zero-order valence-corrected chi connectivity index (χ0v) is 15.8. The molecule has 2 aliphatic heterocycles. The maximum absolute atomic E-state index is 13.0. The van der Waals surface area contributed by atoms with E-state index in [2.05, 4.69) is 4.98 Å². The van der Waals surface area contributed by atoms with Gasteiger partial charge in [-0.25, -0.2) is 0 Å². The van der Waals surface area contributed by atoms with Gasteiger partial charge in [0.1, 0.15) is 11.8 Å². The highest BCUT2D eigenvalue weighted by atomic mass is 32.1. The van der Waals surface area contributed by atoms with E-state index in [1.165, 1.54) is 28.6 Å². The molecule has 1 N–H and O–H groups in total. The highest BCUT2D eigenvalue weighted by Gasteiger charge is 2.47. The van der Waals surface area contributed by atoms with Crippen molar-refractivity contribution in [3.05, 3.63) is 76.3 Å². The van der Waals surface area contributed by atoms with E-state index in [4.69, 9.17) is 9.47 Å². The van der Waals surface area contributed by atoms with Crippen molar-refractivity contribution >= 4 is 34.5 Å². The first-order valence-electron chi connectivity index (χ1n) is 8.79. The standard InChI is InChI=1S/C21H14N2O5S/c24-19(12-5-7-22-8-6-12)17-18(16-2-1-9-29-16)23(21(26)20(17)25)13-3-4-14-15(10-13)28-11-27-14/h1-10,18,24H,11H2/b19-17-. The number of aromatic nitrogens is 1. The number of anilines is 1. The summed E-state index contributed by atoms with van der Waals surface area (Å²) in [4.78, 5) is 32.1. The lowest BCUT2D eigenvalue weighted by atomic mass is 10.0. The van der Waals surface area contributed by atoms with Crippen LogP contribution in [0.3, 0.4) is 0 Å². The fourth-order valence-corrected chi connectivity index (χ4v) is 4.34. The number of carbonyl (C=O) groups is 2. The largest absolute Gasteiger partial charge is 0.507 e. The van der Waals surface area contributed by atoms with Crippen molar-refractivity contribution in [2.75, 3.05) is 11.7 Å². The van der Waals surface area contributed by atoms with Gasteiger partial charge >= 0.3 is 0 Å². The minimum atomic E-state index is -0.747. The smallest absolute Gasteiger partial charge is 0.300 e. The molecular weight excluding hydrogens is 392 g/mol. The van der Waals surface area contributed by atoms with Crippen molar-refractivity contribution in [2.24, 2.45) is 0 Å². The molecule has 1 unspecified atom stereocenters. The molecule has 8 heteroatoms. The van der Waals surface area contributed by atoms with Crippen molar-refractivity contribution in [1.82, 2.24) is 4.98 Å². The summed E-state index contributed by atoms with van der Waals surface area (Å²) in [6.45, 7) is 0.105. The number of ether oxygens (including phenoxy) is 2. The van der Waals surface area contributed by atoms with Crippen molar-refractivity contribution in [1.29, 1.82) is 0 Å². The number of rotatable bonds is 3. The molecule has 1 aromatic carbocycles. The molecule has 0 aliphatic carbocycles. The number of aliphatic hydroxyl groups is 1. The number of fused-ring (bicyclic) bond motifs is 1. The van der Waals surface area contributed by atoms with Crippen molar-refractivity contribution < 1.29 is 24.2 Å². The van der Waals surface area contributed by atoms with Crippen LogP contribution in [0, 0.1) is 0 Å². The second-order valence-corrected chi connectivity index (χ2v) is 7.44. The fraction of sp³-hybridized carbons (Fsp3) is 0.0952. The van der Waals surface area contributed by atoms with Gasteiger partial charge in [-0.2, -0.15) is 0 Å². The Hall–Kier alpha value is -3.65. The van der Waals surface area contributed by atoms with Gasteiger partial charge in [-0.05, 0) is 35.7 Å². The molecule has 4 heterocycles. The topological polar surface area (TPSA) is 89.0 Å². The molecule has 1 fully saturated rings. The minimum Gasteiger partial charge on any atom is -0.507 e. The zero-order chi connectivity index (χ0) is 20.0. The first kappa shape index (κ1) is 17.4. The average Bonchev–Trinajstić information content (AvgIpc) is 3.48. The number of hydrogen-bond donors (Lipinski definition) is 1. The van der Waals surface area contributed by atoms with E-state index in [1.807, 2.05) is 17.5 Å². The van der Waals surface area contributed by atoms with E-state index in [-0.39, 0.29) is 18.1 Å². The molecule has 1 saturated heterocycles. The second-order valence-electron chi connectivity index (χ2n) is 6.46. The molecule has 0 saturated carbocycles. The van der Waals surface area contributed by atoms with Crippen LogP contribution in [-0.2, 0) is 9.59 Å². The predicted octanol–water partition coefficient (Wildman–Crippen LogP) is 3.50. The maximum atomic E-state index is 13.0. The molecule has 0 bridgehead atoms. The summed E-state index contributed by atoms with van der Waals surface area (Å²) >= 11 is 1.40. The van der Waals surface area contributed by atoms with Crippen LogP contribution in [0.25, 0.3) is 5.76 Å². The third-order valence-corrected chi connectivity index (χ3v) is 5.77. The number of pyridine rings is 1. The summed E-state index contributed by atoms with van der Waals surface area (Å²) in [7, 11) is 0. The van der Waals surface area contributed by atoms with Gasteiger partial charge in [0, 0.05) is 34.6 Å². The normalized spacial score (nSPS) is 19.7. The predicted molar refractivity (Wildman–Crippen MR) is 106 cm³/mol. The number of Topliss-reactive ketones (excluding diaryl/α,β-unsaturated/α-hetero) is 1. The van der Waals surface area contributed by atoms with Crippen molar-refractivity contribution in [2.45, 2.75) is 6.04 Å². The minimum absolute atomic E-state index is 0.0429. The number of benzene rings is 1. The Kier molecular flexibility index (Phi) is 4.06. The molecular formula is C21H14N2O5S. The summed E-state index contributed by atoms with van der Waals surface area (Å²) in [5.41, 5.74) is 0.954. The molecule has 3 aromatic rings. The Morgan fingerprint density at radius 3 is 2.66 bits per heavy atom. The lowest BCUT2D eigenvalue weighted by molar-refractivity contribution is -0.132. The SMILES string of the molecule is O=C1C(=O)N(c2ccc3c(c2)OCO3)C(c2cccs2)/C1=C(/O)c1ccncc1. The molecule has 1 amide bonds. The van der Waals surface area contributed by atoms with E-state index in [0.717, 1.165) is 4.88 Å². The lowest BCUT2D eigenvalue weighted by Gasteiger charge is -2.24. The number of aliphatic hydroxyl groups excluding tert-OH is 1. The van der Waals surface area contributed by atoms with Crippen LogP contribution in [0.5, 0.6) is 11.5 Å². The molecule has 0 spiro atoms. The third kappa shape index (κ3) is 2.76. The first-order chi connectivity index (χ1) is 14.1. The summed E-state index contributed by atoms with van der Waals surface area (Å²) in [5, 5.41) is 12.8. The highest BCUT2D eigenvalue weighted by molar-refractivity contribution is 7.10. The van der Waals surface area contributed by atoms with E-state index in [0.29, 0.717) is 22.7 Å². The van der Waals surface area contributed by atoms with E-state index in [9.17, 15) is 14.7 Å². The molecule has 144 valence electrons. The third-order valence-electron chi connectivity index (χ3n) is 4.85. The number of carbonyl (C=O) groups excluding carboxylic acids is 2. The molecule has 7 nitrogen and oxygen atoms in total. The molecule has 2 aliphatic rings. The van der Waals surface area contributed by atoms with E-state index in [1.54, 1.807) is 30.3 Å². The summed E-state index contributed by atoms with van der Waals surface area (Å²) in [6.07, 6.45) is 3.03. The summed E-state index contributed by atoms with van der Waals surface area (Å²) < 4.78 is 10.8. The highest BCUT2D eigenvalue weighted by Crippen LogP contribution is 2.45. The fourth-order valence-electron chi connectivity index (χ4n) is 3.52. The van der Waals surface area contributed by atoms with Gasteiger partial charge in [0.2, 0.25) is 6.79 Å². The monoisotopic (exact) mass is 406 g/mol. The quantitative estimate of drug-likeness (QED) is 0.407. The van der Waals surface area contributed by atoms with Gasteiger partial charge in [0.25, 0.3) is 11.7 Å². The Morgan fingerprint density at radius 2 is 1.90 bits per heavy atom. The average molecular weight is 406 g/mol. The van der Waals surface area contributed by atoms with E-state index >= 15 is 0 Å². The van der Waals surface area contributed by atoms with Crippen LogP contribution in [0.15, 0.2) is 65.8 Å². The van der Waals surface area contributed by atoms with Crippen LogP contribution in [-0.4, -0.2) is 28.6 Å². The number of nitrogens with zero attached hydrogens (tertiary/aromatic N) is 2. The van der Waals surface area contributed by atoms with Crippen LogP contribution in [0.4, 0.5) is 5.69 Å². The van der Waals surface area contributed by atoms with Crippen LogP contribution < -0.4 is 14.4 Å². The molecule has 2 aromatic heterocycles. The van der Waals surface area contributed by atoms with Crippen molar-refractivity contribution in [3.63, 3.8) is 0 Å². The van der Waals surface area contributed by atoms with Gasteiger partial charge in [0.05, 0.1) is 5.57 Å². The second kappa shape index (κ2) is 6.75. The molecule has 1 atom stereocenters. The van der Waals surface area contributed by atoms with Gasteiger partial charge in [-0.15, -0.1) is 11.3 Å². The maximum Gasteiger partial charge on any atom is 0.300 e. The summed E-state index contributed by atoms with van der Waals surface area (Å²) in [6, 6.07) is 11.2. The Bertz CT molecular complexity index is 1140. The van der Waals surface area contributed by atoms with Crippen LogP contribution in [0.2, 0.25) is 0 Å². The molecule has 29 heavy (non-hydrogen) atoms. The van der Waals surface area contributed by atoms with Gasteiger partial charge < -0.3 is 14.6 Å². The van der Waals surface area contributed by atoms with Gasteiger partial charge in [-0.3, -0.25) is 19.5 Å². The Labute approximate surface area is 169 Å². The number of thiophene rings is 1. The van der Waals surface area contributed by atoms with Gasteiger partial charge in [-0.1, -0.05) is 6.07 Å². The molecule has 0 radical (unpaired) electrons. The molecule has 5 rings (SSSR count).